The number of aliphatic hydroxyl groups excluding tert-OH is 1. The highest BCUT2D eigenvalue weighted by Gasteiger charge is 2.26. The van der Waals surface area contributed by atoms with Crippen LogP contribution < -0.4 is 0 Å². The molecular weight excluding hydrogens is 294 g/mol. The lowest BCUT2D eigenvalue weighted by Crippen LogP contribution is -2.11. The van der Waals surface area contributed by atoms with Crippen LogP contribution in [0.4, 0.5) is 0 Å². The Labute approximate surface area is 114 Å². The number of aromatic hydroxyl groups is 1. The van der Waals surface area contributed by atoms with Crippen molar-refractivity contribution in [3.8, 4) is 5.75 Å². The first-order chi connectivity index (χ1) is 8.70. The third-order valence-corrected chi connectivity index (χ3v) is 4.47. The maximum atomic E-state index is 10.2. The van der Waals surface area contributed by atoms with Crippen molar-refractivity contribution < 1.29 is 10.2 Å². The summed E-state index contributed by atoms with van der Waals surface area (Å²) in [7, 11) is 0. The van der Waals surface area contributed by atoms with Gasteiger partial charge in [-0.15, -0.1) is 0 Å². The average Bonchev–Trinajstić information content (AvgIpc) is 2.33. The summed E-state index contributed by atoms with van der Waals surface area (Å²) in [6.45, 7) is -0.00643. The number of hydrogen-bond donors (Lipinski definition) is 2. The molecule has 3 rings (SSSR count). The number of rotatable bonds is 2. The molecule has 0 bridgehead atoms. The standard InChI is InChI=1S/C14H14BrNO2/c15-12-10-6-8(7-17)4-5-11(10)16-13(14(12)18)9-2-1-3-9/h4-6,9,17-18H,1-3,7H2. The summed E-state index contributed by atoms with van der Waals surface area (Å²) in [6.07, 6.45) is 3.42. The molecule has 0 aliphatic heterocycles. The molecule has 1 aliphatic rings. The number of aliphatic hydroxyl groups is 1. The Morgan fingerprint density at radius 3 is 2.72 bits per heavy atom. The fraction of sp³-hybridized carbons (Fsp3) is 0.357. The minimum atomic E-state index is -0.00643. The lowest BCUT2D eigenvalue weighted by Gasteiger charge is -2.26. The monoisotopic (exact) mass is 307 g/mol. The highest BCUT2D eigenvalue weighted by Crippen LogP contribution is 2.44. The normalized spacial score (nSPS) is 15.9. The molecule has 0 radical (unpaired) electrons. The Kier molecular flexibility index (Phi) is 2.99. The predicted octanol–water partition coefficient (Wildman–Crippen LogP) is 3.46. The predicted molar refractivity (Wildman–Crippen MR) is 73.6 cm³/mol. The highest BCUT2D eigenvalue weighted by atomic mass is 79.9. The number of pyridine rings is 1. The maximum Gasteiger partial charge on any atom is 0.152 e. The smallest absolute Gasteiger partial charge is 0.152 e. The maximum absolute atomic E-state index is 10.2. The van der Waals surface area contributed by atoms with Crippen LogP contribution in [-0.2, 0) is 6.61 Å². The second-order valence-corrected chi connectivity index (χ2v) is 5.59. The molecule has 18 heavy (non-hydrogen) atoms. The Balaban J connectivity index is 2.21. The molecule has 1 fully saturated rings. The Morgan fingerprint density at radius 2 is 2.11 bits per heavy atom. The molecule has 0 amide bonds. The summed E-state index contributed by atoms with van der Waals surface area (Å²) >= 11 is 3.44. The number of aromatic nitrogens is 1. The van der Waals surface area contributed by atoms with E-state index in [0.29, 0.717) is 10.4 Å². The Morgan fingerprint density at radius 1 is 1.33 bits per heavy atom. The first-order valence-corrected chi connectivity index (χ1v) is 6.92. The van der Waals surface area contributed by atoms with Gasteiger partial charge in [-0.05, 0) is 46.5 Å². The van der Waals surface area contributed by atoms with Gasteiger partial charge in [0, 0.05) is 11.3 Å². The minimum absolute atomic E-state index is 0.00643. The first kappa shape index (κ1) is 11.9. The molecule has 0 spiro atoms. The molecule has 2 N–H and O–H groups in total. The van der Waals surface area contributed by atoms with Crippen molar-refractivity contribution in [2.45, 2.75) is 31.8 Å². The first-order valence-electron chi connectivity index (χ1n) is 6.12. The molecule has 1 aromatic carbocycles. The van der Waals surface area contributed by atoms with Crippen LogP contribution in [0, 0.1) is 0 Å². The summed E-state index contributed by atoms with van der Waals surface area (Å²) in [5.74, 6) is 0.644. The molecule has 1 heterocycles. The third-order valence-electron chi connectivity index (χ3n) is 3.66. The fourth-order valence-electron chi connectivity index (χ4n) is 2.34. The van der Waals surface area contributed by atoms with E-state index in [1.807, 2.05) is 18.2 Å². The zero-order chi connectivity index (χ0) is 12.7. The molecule has 1 aromatic heterocycles. The number of nitrogens with zero attached hydrogens (tertiary/aromatic N) is 1. The lowest BCUT2D eigenvalue weighted by molar-refractivity contribution is 0.282. The van der Waals surface area contributed by atoms with Crippen molar-refractivity contribution in [1.29, 1.82) is 0 Å². The van der Waals surface area contributed by atoms with Gasteiger partial charge in [0.05, 0.1) is 22.3 Å². The van der Waals surface area contributed by atoms with E-state index < -0.39 is 0 Å². The van der Waals surface area contributed by atoms with Crippen LogP contribution >= 0.6 is 15.9 Å². The van der Waals surface area contributed by atoms with Crippen molar-refractivity contribution in [3.63, 3.8) is 0 Å². The number of hydrogen-bond acceptors (Lipinski definition) is 3. The van der Waals surface area contributed by atoms with Crippen molar-refractivity contribution >= 4 is 26.8 Å². The summed E-state index contributed by atoms with van der Waals surface area (Å²) in [6, 6.07) is 5.62. The van der Waals surface area contributed by atoms with Crippen LogP contribution in [0.3, 0.4) is 0 Å². The molecule has 0 saturated heterocycles. The van der Waals surface area contributed by atoms with Gasteiger partial charge in [0.2, 0.25) is 0 Å². The van der Waals surface area contributed by atoms with Crippen LogP contribution in [0.1, 0.15) is 36.4 Å². The van der Waals surface area contributed by atoms with Gasteiger partial charge >= 0.3 is 0 Å². The fourth-order valence-corrected chi connectivity index (χ4v) is 2.86. The molecule has 4 heteroatoms. The zero-order valence-corrected chi connectivity index (χ0v) is 11.4. The van der Waals surface area contributed by atoms with E-state index in [2.05, 4.69) is 20.9 Å². The molecular formula is C14H14BrNO2. The van der Waals surface area contributed by atoms with E-state index in [1.54, 1.807) is 0 Å². The molecule has 3 nitrogen and oxygen atoms in total. The van der Waals surface area contributed by atoms with Crippen LogP contribution in [0.5, 0.6) is 5.75 Å². The number of benzene rings is 1. The summed E-state index contributed by atoms with van der Waals surface area (Å²) in [5.41, 5.74) is 2.48. The second kappa shape index (κ2) is 4.52. The molecule has 1 aliphatic carbocycles. The van der Waals surface area contributed by atoms with Gasteiger partial charge in [-0.25, -0.2) is 4.98 Å². The molecule has 94 valence electrons. The third kappa shape index (κ3) is 1.80. The van der Waals surface area contributed by atoms with E-state index in [0.717, 1.165) is 35.0 Å². The van der Waals surface area contributed by atoms with Gasteiger partial charge in [0.1, 0.15) is 0 Å². The average molecular weight is 308 g/mol. The van der Waals surface area contributed by atoms with E-state index in [4.69, 9.17) is 5.11 Å². The largest absolute Gasteiger partial charge is 0.505 e. The molecule has 2 aromatic rings. The van der Waals surface area contributed by atoms with Crippen LogP contribution in [-0.4, -0.2) is 15.2 Å². The minimum Gasteiger partial charge on any atom is -0.505 e. The van der Waals surface area contributed by atoms with Crippen molar-refractivity contribution in [2.24, 2.45) is 0 Å². The van der Waals surface area contributed by atoms with Gasteiger partial charge in [-0.1, -0.05) is 12.5 Å². The number of fused-ring (bicyclic) bond motifs is 1. The van der Waals surface area contributed by atoms with Crippen LogP contribution in [0.2, 0.25) is 0 Å². The van der Waals surface area contributed by atoms with Crippen molar-refractivity contribution in [2.75, 3.05) is 0 Å². The van der Waals surface area contributed by atoms with Crippen LogP contribution in [0.25, 0.3) is 10.9 Å². The van der Waals surface area contributed by atoms with Gasteiger partial charge < -0.3 is 10.2 Å². The summed E-state index contributed by atoms with van der Waals surface area (Å²) < 4.78 is 0.685. The quantitative estimate of drug-likeness (QED) is 0.893. The number of halogens is 1. The van der Waals surface area contributed by atoms with Gasteiger partial charge in [-0.3, -0.25) is 0 Å². The molecule has 0 atom stereocenters. The molecule has 0 unspecified atom stereocenters. The summed E-state index contributed by atoms with van der Waals surface area (Å²) in [4.78, 5) is 4.57. The Hall–Kier alpha value is -1.13. The van der Waals surface area contributed by atoms with E-state index >= 15 is 0 Å². The van der Waals surface area contributed by atoms with E-state index in [9.17, 15) is 5.11 Å². The lowest BCUT2D eigenvalue weighted by atomic mass is 9.82. The van der Waals surface area contributed by atoms with Crippen molar-refractivity contribution in [1.82, 2.24) is 4.98 Å². The van der Waals surface area contributed by atoms with Crippen molar-refractivity contribution in [3.05, 3.63) is 33.9 Å². The Bertz CT molecular complexity index is 608. The SMILES string of the molecule is OCc1ccc2nc(C3CCC3)c(O)c(Br)c2c1. The van der Waals surface area contributed by atoms with E-state index in [-0.39, 0.29) is 12.4 Å². The molecule has 1 saturated carbocycles. The van der Waals surface area contributed by atoms with Gasteiger partial charge in [-0.2, -0.15) is 0 Å². The topological polar surface area (TPSA) is 53.4 Å². The van der Waals surface area contributed by atoms with Gasteiger partial charge in [0.25, 0.3) is 0 Å². The van der Waals surface area contributed by atoms with E-state index in [1.165, 1.54) is 6.42 Å². The second-order valence-electron chi connectivity index (χ2n) is 4.80. The van der Waals surface area contributed by atoms with Gasteiger partial charge in [0.15, 0.2) is 5.75 Å². The zero-order valence-electron chi connectivity index (χ0n) is 9.86. The summed E-state index contributed by atoms with van der Waals surface area (Å²) in [5, 5.41) is 20.2. The highest BCUT2D eigenvalue weighted by molar-refractivity contribution is 9.10. The van der Waals surface area contributed by atoms with Crippen LogP contribution in [0.15, 0.2) is 22.7 Å².